The molecule has 0 unspecified atom stereocenters. The van der Waals surface area contributed by atoms with Crippen LogP contribution < -0.4 is 10.6 Å². The molecule has 0 radical (unpaired) electrons. The lowest BCUT2D eigenvalue weighted by Gasteiger charge is -2.05. The van der Waals surface area contributed by atoms with E-state index in [2.05, 4.69) is 10.6 Å². The highest BCUT2D eigenvalue weighted by molar-refractivity contribution is 7.80. The van der Waals surface area contributed by atoms with Gasteiger partial charge in [0, 0.05) is 12.6 Å². The van der Waals surface area contributed by atoms with E-state index in [1.165, 1.54) is 6.08 Å². The quantitative estimate of drug-likeness (QED) is 0.672. The standard InChI is InChI=1S/C16H16N2OS/c1-2-17-16(20)18-15(19)11-10-13-8-5-7-12-6-3-4-9-14(12)13/h3-11H,2H2,1H3,(H2,17,18,19,20)/b11-10+. The van der Waals surface area contributed by atoms with Gasteiger partial charge < -0.3 is 5.32 Å². The van der Waals surface area contributed by atoms with Crippen molar-refractivity contribution in [1.82, 2.24) is 10.6 Å². The molecule has 0 heterocycles. The van der Waals surface area contributed by atoms with E-state index in [9.17, 15) is 4.79 Å². The zero-order chi connectivity index (χ0) is 14.4. The summed E-state index contributed by atoms with van der Waals surface area (Å²) in [6.45, 7) is 2.61. The van der Waals surface area contributed by atoms with E-state index in [1.54, 1.807) is 6.08 Å². The van der Waals surface area contributed by atoms with Crippen LogP contribution in [-0.4, -0.2) is 17.6 Å². The molecule has 2 N–H and O–H groups in total. The van der Waals surface area contributed by atoms with E-state index in [-0.39, 0.29) is 5.91 Å². The molecule has 0 atom stereocenters. The second-order valence-electron chi connectivity index (χ2n) is 4.25. The molecule has 20 heavy (non-hydrogen) atoms. The van der Waals surface area contributed by atoms with Gasteiger partial charge in [0.05, 0.1) is 0 Å². The average molecular weight is 284 g/mol. The average Bonchev–Trinajstić information content (AvgIpc) is 2.45. The number of hydrogen-bond donors (Lipinski definition) is 2. The SMILES string of the molecule is CCNC(=S)NC(=O)/C=C/c1cccc2ccccc12. The van der Waals surface area contributed by atoms with Gasteiger partial charge in [0.25, 0.3) is 0 Å². The Morgan fingerprint density at radius 2 is 1.95 bits per heavy atom. The third-order valence-corrected chi connectivity index (χ3v) is 3.06. The van der Waals surface area contributed by atoms with Crippen molar-refractivity contribution in [2.45, 2.75) is 6.92 Å². The number of benzene rings is 2. The van der Waals surface area contributed by atoms with Gasteiger partial charge in [0.1, 0.15) is 0 Å². The van der Waals surface area contributed by atoms with E-state index >= 15 is 0 Å². The van der Waals surface area contributed by atoms with Crippen LogP contribution in [0, 0.1) is 0 Å². The molecule has 102 valence electrons. The first-order valence-corrected chi connectivity index (χ1v) is 6.86. The van der Waals surface area contributed by atoms with E-state index in [1.807, 2.05) is 49.4 Å². The minimum absolute atomic E-state index is 0.233. The number of amides is 1. The summed E-state index contributed by atoms with van der Waals surface area (Å²) in [5, 5.41) is 8.08. The van der Waals surface area contributed by atoms with E-state index in [0.717, 1.165) is 16.3 Å². The van der Waals surface area contributed by atoms with Crippen molar-refractivity contribution in [2.24, 2.45) is 0 Å². The largest absolute Gasteiger partial charge is 0.363 e. The lowest BCUT2D eigenvalue weighted by molar-refractivity contribution is -0.115. The van der Waals surface area contributed by atoms with Crippen molar-refractivity contribution in [3.63, 3.8) is 0 Å². The molecule has 0 aromatic heterocycles. The van der Waals surface area contributed by atoms with Crippen molar-refractivity contribution < 1.29 is 4.79 Å². The third kappa shape index (κ3) is 3.65. The maximum Gasteiger partial charge on any atom is 0.250 e. The van der Waals surface area contributed by atoms with Gasteiger partial charge >= 0.3 is 0 Å². The Bertz CT molecular complexity index is 659. The molecule has 0 saturated carbocycles. The Morgan fingerprint density at radius 1 is 1.20 bits per heavy atom. The Balaban J connectivity index is 2.14. The lowest BCUT2D eigenvalue weighted by atomic mass is 10.0. The van der Waals surface area contributed by atoms with Crippen molar-refractivity contribution >= 4 is 40.1 Å². The predicted molar refractivity (Wildman–Crippen MR) is 87.4 cm³/mol. The number of carbonyl (C=O) groups is 1. The Kier molecular flexibility index (Phi) is 4.85. The van der Waals surface area contributed by atoms with Crippen molar-refractivity contribution in [3.8, 4) is 0 Å². The minimum atomic E-state index is -0.233. The van der Waals surface area contributed by atoms with Crippen LogP contribution in [0.25, 0.3) is 16.8 Å². The molecular weight excluding hydrogens is 268 g/mol. The number of nitrogens with one attached hydrogen (secondary N) is 2. The van der Waals surface area contributed by atoms with Gasteiger partial charge in [-0.1, -0.05) is 42.5 Å². The van der Waals surface area contributed by atoms with Crippen molar-refractivity contribution in [1.29, 1.82) is 0 Å². The fourth-order valence-electron chi connectivity index (χ4n) is 1.92. The maximum absolute atomic E-state index is 11.7. The highest BCUT2D eigenvalue weighted by atomic mass is 32.1. The summed E-state index contributed by atoms with van der Waals surface area (Å²) in [4.78, 5) is 11.7. The highest BCUT2D eigenvalue weighted by Crippen LogP contribution is 2.19. The zero-order valence-electron chi connectivity index (χ0n) is 11.2. The van der Waals surface area contributed by atoms with E-state index in [0.29, 0.717) is 11.7 Å². The van der Waals surface area contributed by atoms with Crippen LogP contribution in [0.1, 0.15) is 12.5 Å². The first-order chi connectivity index (χ1) is 9.70. The zero-order valence-corrected chi connectivity index (χ0v) is 12.0. The van der Waals surface area contributed by atoms with Gasteiger partial charge in [0.2, 0.25) is 5.91 Å². The van der Waals surface area contributed by atoms with Gasteiger partial charge in [-0.05, 0) is 41.6 Å². The van der Waals surface area contributed by atoms with Crippen LogP contribution in [0.5, 0.6) is 0 Å². The first kappa shape index (κ1) is 14.2. The molecule has 0 aliphatic rings. The minimum Gasteiger partial charge on any atom is -0.363 e. The number of rotatable bonds is 3. The Morgan fingerprint density at radius 3 is 2.75 bits per heavy atom. The van der Waals surface area contributed by atoms with Crippen LogP contribution >= 0.6 is 12.2 Å². The van der Waals surface area contributed by atoms with Gasteiger partial charge in [-0.2, -0.15) is 0 Å². The molecule has 2 aromatic rings. The monoisotopic (exact) mass is 284 g/mol. The molecule has 2 aromatic carbocycles. The molecule has 0 bridgehead atoms. The van der Waals surface area contributed by atoms with Crippen LogP contribution in [-0.2, 0) is 4.79 Å². The van der Waals surface area contributed by atoms with Crippen LogP contribution in [0.2, 0.25) is 0 Å². The molecule has 0 saturated heterocycles. The van der Waals surface area contributed by atoms with Gasteiger partial charge in [-0.25, -0.2) is 0 Å². The molecular formula is C16H16N2OS. The number of thiocarbonyl (C=S) groups is 1. The number of fused-ring (bicyclic) bond motifs is 1. The van der Waals surface area contributed by atoms with Crippen LogP contribution in [0.4, 0.5) is 0 Å². The molecule has 0 fully saturated rings. The van der Waals surface area contributed by atoms with E-state index in [4.69, 9.17) is 12.2 Å². The smallest absolute Gasteiger partial charge is 0.250 e. The first-order valence-electron chi connectivity index (χ1n) is 6.45. The second kappa shape index (κ2) is 6.82. The lowest BCUT2D eigenvalue weighted by Crippen LogP contribution is -2.38. The summed E-state index contributed by atoms with van der Waals surface area (Å²) in [5.74, 6) is -0.233. The van der Waals surface area contributed by atoms with Crippen molar-refractivity contribution in [2.75, 3.05) is 6.54 Å². The molecule has 3 nitrogen and oxygen atoms in total. The van der Waals surface area contributed by atoms with E-state index < -0.39 is 0 Å². The summed E-state index contributed by atoms with van der Waals surface area (Å²) in [6.07, 6.45) is 3.29. The summed E-state index contributed by atoms with van der Waals surface area (Å²) in [6, 6.07) is 14.1. The van der Waals surface area contributed by atoms with Gasteiger partial charge in [-0.3, -0.25) is 10.1 Å². The molecule has 1 amide bonds. The summed E-state index contributed by atoms with van der Waals surface area (Å²) < 4.78 is 0. The topological polar surface area (TPSA) is 41.1 Å². The summed E-state index contributed by atoms with van der Waals surface area (Å²) in [7, 11) is 0. The van der Waals surface area contributed by atoms with Crippen LogP contribution in [0.15, 0.2) is 48.5 Å². The molecule has 0 aliphatic carbocycles. The van der Waals surface area contributed by atoms with Gasteiger partial charge in [0.15, 0.2) is 5.11 Å². The summed E-state index contributed by atoms with van der Waals surface area (Å²) >= 11 is 4.96. The Hall–Kier alpha value is -2.20. The third-order valence-electron chi connectivity index (χ3n) is 2.81. The molecule has 0 aliphatic heterocycles. The number of hydrogen-bond acceptors (Lipinski definition) is 2. The Labute approximate surface area is 123 Å². The second-order valence-corrected chi connectivity index (χ2v) is 4.66. The molecule has 4 heteroatoms. The van der Waals surface area contributed by atoms with Crippen LogP contribution in [0.3, 0.4) is 0 Å². The maximum atomic E-state index is 11.7. The highest BCUT2D eigenvalue weighted by Gasteiger charge is 2.00. The fourth-order valence-corrected chi connectivity index (χ4v) is 2.16. The normalized spacial score (nSPS) is 10.7. The van der Waals surface area contributed by atoms with Gasteiger partial charge in [-0.15, -0.1) is 0 Å². The fraction of sp³-hybridized carbons (Fsp3) is 0.125. The predicted octanol–water partition coefficient (Wildman–Crippen LogP) is 2.86. The summed E-state index contributed by atoms with van der Waals surface area (Å²) in [5.41, 5.74) is 1.01. The van der Waals surface area contributed by atoms with Crippen molar-refractivity contribution in [3.05, 3.63) is 54.1 Å². The number of carbonyl (C=O) groups excluding carboxylic acids is 1. The molecule has 2 rings (SSSR count). The molecule has 0 spiro atoms.